The smallest absolute Gasteiger partial charge is 0.486 e. The van der Waals surface area contributed by atoms with Crippen LogP contribution in [0.3, 0.4) is 0 Å². The predicted octanol–water partition coefficient (Wildman–Crippen LogP) is 2.80. The van der Waals surface area contributed by atoms with E-state index in [9.17, 15) is 32.8 Å². The SMILES string of the molecule is Cc1ccc(C(=O)c2c(C(F)(F)F)[n+]([O-])c3ccc(F)cc3[n+]2[O-])cc1. The number of hydrogen-bond donors (Lipinski definition) is 0. The molecular weight excluding hydrogens is 356 g/mol. The van der Waals surface area contributed by atoms with E-state index >= 15 is 0 Å². The summed E-state index contributed by atoms with van der Waals surface area (Å²) in [5, 5.41) is 24.7. The topological polar surface area (TPSA) is 71.0 Å². The van der Waals surface area contributed by atoms with Gasteiger partial charge in [0.05, 0.1) is 6.07 Å². The minimum absolute atomic E-state index is 0.207. The number of rotatable bonds is 2. The molecule has 9 heteroatoms. The number of hydrogen-bond acceptors (Lipinski definition) is 3. The highest BCUT2D eigenvalue weighted by Crippen LogP contribution is 2.30. The maximum atomic E-state index is 13.4. The van der Waals surface area contributed by atoms with Crippen molar-refractivity contribution in [1.82, 2.24) is 0 Å². The zero-order chi connectivity index (χ0) is 19.2. The number of alkyl halides is 3. The van der Waals surface area contributed by atoms with Gasteiger partial charge in [0.25, 0.3) is 16.8 Å². The molecule has 3 rings (SSSR count). The number of carbonyl (C=O) groups excluding carboxylic acids is 1. The van der Waals surface area contributed by atoms with E-state index in [4.69, 9.17) is 0 Å². The summed E-state index contributed by atoms with van der Waals surface area (Å²) in [6.45, 7) is 1.70. The van der Waals surface area contributed by atoms with Gasteiger partial charge in [0.2, 0.25) is 0 Å². The molecule has 0 N–H and O–H groups in total. The molecule has 26 heavy (non-hydrogen) atoms. The van der Waals surface area contributed by atoms with Crippen LogP contribution < -0.4 is 9.46 Å². The van der Waals surface area contributed by atoms with E-state index in [1.807, 2.05) is 0 Å². The van der Waals surface area contributed by atoms with Crippen molar-refractivity contribution in [3.63, 3.8) is 0 Å². The van der Waals surface area contributed by atoms with Crippen LogP contribution >= 0.6 is 0 Å². The van der Waals surface area contributed by atoms with Gasteiger partial charge in [-0.3, -0.25) is 4.79 Å². The Kier molecular flexibility index (Phi) is 4.02. The Bertz CT molecular complexity index is 1030. The van der Waals surface area contributed by atoms with Crippen LogP contribution in [-0.2, 0) is 6.18 Å². The first-order valence-corrected chi connectivity index (χ1v) is 7.28. The quantitative estimate of drug-likeness (QED) is 0.303. The molecule has 5 nitrogen and oxygen atoms in total. The normalized spacial score (nSPS) is 11.7. The molecule has 1 heterocycles. The lowest BCUT2D eigenvalue weighted by Crippen LogP contribution is -2.50. The van der Waals surface area contributed by atoms with Gasteiger partial charge >= 0.3 is 17.6 Å². The molecule has 0 atom stereocenters. The lowest BCUT2D eigenvalue weighted by Gasteiger charge is -2.14. The van der Waals surface area contributed by atoms with Crippen LogP contribution in [0, 0.1) is 23.2 Å². The van der Waals surface area contributed by atoms with Crippen molar-refractivity contribution in [3.05, 3.63) is 81.2 Å². The monoisotopic (exact) mass is 366 g/mol. The summed E-state index contributed by atoms with van der Waals surface area (Å²) in [7, 11) is 0. The molecule has 2 aromatic carbocycles. The van der Waals surface area contributed by atoms with Gasteiger partial charge < -0.3 is 10.4 Å². The fourth-order valence-corrected chi connectivity index (χ4v) is 2.56. The van der Waals surface area contributed by atoms with Gasteiger partial charge in [0, 0.05) is 11.6 Å². The van der Waals surface area contributed by atoms with Gasteiger partial charge in [-0.15, -0.1) is 4.73 Å². The third kappa shape index (κ3) is 2.81. The zero-order valence-electron chi connectivity index (χ0n) is 13.2. The second-order valence-corrected chi connectivity index (χ2v) is 5.61. The van der Waals surface area contributed by atoms with Crippen molar-refractivity contribution in [3.8, 4) is 0 Å². The maximum absolute atomic E-state index is 13.4. The van der Waals surface area contributed by atoms with Crippen molar-refractivity contribution < 1.29 is 31.8 Å². The molecule has 0 unspecified atom stereocenters. The lowest BCUT2D eigenvalue weighted by molar-refractivity contribution is -0.647. The Labute approximate surface area is 143 Å². The fraction of sp³-hybridized carbons (Fsp3) is 0.118. The molecule has 0 spiro atoms. The number of nitrogens with zero attached hydrogens (tertiary/aromatic N) is 2. The highest BCUT2D eigenvalue weighted by Gasteiger charge is 2.51. The van der Waals surface area contributed by atoms with Crippen LogP contribution in [0.2, 0.25) is 0 Å². The Balaban J connectivity index is 2.40. The molecule has 134 valence electrons. The van der Waals surface area contributed by atoms with E-state index in [0.29, 0.717) is 6.07 Å². The Morgan fingerprint density at radius 2 is 1.58 bits per heavy atom. The average Bonchev–Trinajstić information content (AvgIpc) is 2.56. The molecule has 1 aromatic heterocycles. The first kappa shape index (κ1) is 17.6. The number of aromatic nitrogens is 2. The molecule has 3 aromatic rings. The number of fused-ring (bicyclic) bond motifs is 1. The number of benzene rings is 2. The Hall–Kier alpha value is -3.23. The van der Waals surface area contributed by atoms with Crippen LogP contribution in [0.25, 0.3) is 11.0 Å². The van der Waals surface area contributed by atoms with Crippen molar-refractivity contribution in [2.45, 2.75) is 13.1 Å². The van der Waals surface area contributed by atoms with E-state index in [0.717, 1.165) is 17.7 Å². The zero-order valence-corrected chi connectivity index (χ0v) is 13.2. The highest BCUT2D eigenvalue weighted by molar-refractivity contribution is 6.07. The average molecular weight is 366 g/mol. The number of carbonyl (C=O) groups is 1. The molecule has 0 bridgehead atoms. The van der Waals surface area contributed by atoms with E-state index in [-0.39, 0.29) is 10.3 Å². The first-order chi connectivity index (χ1) is 12.1. The third-order valence-corrected chi connectivity index (χ3v) is 3.80. The maximum Gasteiger partial charge on any atom is 0.486 e. The second kappa shape index (κ2) is 5.94. The predicted molar refractivity (Wildman–Crippen MR) is 81.4 cm³/mol. The first-order valence-electron chi connectivity index (χ1n) is 7.28. The van der Waals surface area contributed by atoms with Crippen LogP contribution in [0.4, 0.5) is 17.6 Å². The summed E-state index contributed by atoms with van der Waals surface area (Å²) in [4.78, 5) is 12.6. The van der Waals surface area contributed by atoms with Gasteiger partial charge in [-0.05, 0) is 13.0 Å². The molecule has 0 saturated carbocycles. The summed E-state index contributed by atoms with van der Waals surface area (Å²) >= 11 is 0. The lowest BCUT2D eigenvalue weighted by atomic mass is 10.0. The second-order valence-electron chi connectivity index (χ2n) is 5.61. The third-order valence-electron chi connectivity index (χ3n) is 3.80. The van der Waals surface area contributed by atoms with Gasteiger partial charge in [0.15, 0.2) is 0 Å². The fourth-order valence-electron chi connectivity index (χ4n) is 2.56. The Morgan fingerprint density at radius 1 is 0.962 bits per heavy atom. The molecule has 0 aliphatic heterocycles. The van der Waals surface area contributed by atoms with E-state index < -0.39 is 44.9 Å². The highest BCUT2D eigenvalue weighted by atomic mass is 19.4. The van der Waals surface area contributed by atoms with Gasteiger partial charge in [-0.25, -0.2) is 4.39 Å². The van der Waals surface area contributed by atoms with Crippen LogP contribution in [0.5, 0.6) is 0 Å². The Morgan fingerprint density at radius 3 is 2.15 bits per heavy atom. The van der Waals surface area contributed by atoms with Gasteiger partial charge in [0.1, 0.15) is 5.82 Å². The summed E-state index contributed by atoms with van der Waals surface area (Å²) in [6.07, 6.45) is -5.27. The van der Waals surface area contributed by atoms with Gasteiger partial charge in [-0.1, -0.05) is 29.8 Å². The molecule has 0 fully saturated rings. The molecular formula is C17H10F4N2O3. The van der Waals surface area contributed by atoms with E-state index in [1.165, 1.54) is 24.3 Å². The van der Waals surface area contributed by atoms with Crippen molar-refractivity contribution in [2.75, 3.05) is 0 Å². The van der Waals surface area contributed by atoms with Gasteiger partial charge in [-0.2, -0.15) is 17.9 Å². The number of aryl methyl sites for hydroxylation is 1. The summed E-state index contributed by atoms with van der Waals surface area (Å²) in [5.74, 6) is -2.22. The van der Waals surface area contributed by atoms with E-state index in [1.54, 1.807) is 6.92 Å². The minimum atomic E-state index is -5.27. The minimum Gasteiger partial charge on any atom is -0.618 e. The molecule has 0 saturated heterocycles. The molecule has 0 aliphatic carbocycles. The summed E-state index contributed by atoms with van der Waals surface area (Å²) < 4.78 is 52.8. The molecule has 0 radical (unpaired) electrons. The summed E-state index contributed by atoms with van der Waals surface area (Å²) in [6, 6.07) is 7.53. The molecule has 0 amide bonds. The number of ketones is 1. The van der Waals surface area contributed by atoms with Crippen molar-refractivity contribution >= 4 is 16.8 Å². The van der Waals surface area contributed by atoms with Crippen molar-refractivity contribution in [1.29, 1.82) is 0 Å². The largest absolute Gasteiger partial charge is 0.618 e. The standard InChI is InChI=1S/C17H10F4N2O3/c1-9-2-4-10(5-3-9)15(24)14-16(17(19,20)21)23(26)12-7-6-11(18)8-13(12)22(14)25/h2-8H,1H3. The number of halogens is 4. The summed E-state index contributed by atoms with van der Waals surface area (Å²) in [5.41, 5.74) is -4.20. The van der Waals surface area contributed by atoms with E-state index in [2.05, 4.69) is 0 Å². The van der Waals surface area contributed by atoms with Crippen LogP contribution in [0.15, 0.2) is 42.5 Å². The van der Waals surface area contributed by atoms with Crippen molar-refractivity contribution in [2.24, 2.45) is 0 Å². The van der Waals surface area contributed by atoms with Crippen LogP contribution in [0.1, 0.15) is 27.3 Å². The molecule has 0 aliphatic rings. The van der Waals surface area contributed by atoms with Crippen LogP contribution in [-0.4, -0.2) is 5.78 Å².